The van der Waals surface area contributed by atoms with Crippen molar-refractivity contribution in [3.05, 3.63) is 18.2 Å². The highest BCUT2D eigenvalue weighted by atomic mass is 16.4. The molecule has 0 bridgehead atoms. The van der Waals surface area contributed by atoms with Crippen LogP contribution in [-0.2, 0) is 0 Å². The minimum atomic E-state index is 0.486. The number of nitrogens with two attached hydrogens (primary N) is 1. The molecule has 1 fully saturated rings. The van der Waals surface area contributed by atoms with Crippen LogP contribution in [0.4, 0.5) is 11.7 Å². The van der Waals surface area contributed by atoms with Gasteiger partial charge in [0, 0.05) is 18.8 Å². The van der Waals surface area contributed by atoms with Gasteiger partial charge in [-0.1, -0.05) is 0 Å². The first-order valence-electron chi connectivity index (χ1n) is 6.04. The summed E-state index contributed by atoms with van der Waals surface area (Å²) >= 11 is 0. The van der Waals surface area contributed by atoms with E-state index in [-0.39, 0.29) is 0 Å². The van der Waals surface area contributed by atoms with Crippen molar-refractivity contribution >= 4 is 22.8 Å². The second-order valence-electron chi connectivity index (χ2n) is 4.91. The first-order chi connectivity index (χ1) is 8.15. The molecule has 2 aromatic rings. The van der Waals surface area contributed by atoms with Crippen molar-refractivity contribution in [1.29, 1.82) is 0 Å². The predicted octanol–water partition coefficient (Wildman–Crippen LogP) is 2.64. The standard InChI is InChI=1S/C13H17N3O/c1-8(9-3-4-9)16(2)13-15-11-7-10(14)5-6-12(11)17-13/h5-9H,3-4,14H2,1-2H3. The maximum Gasteiger partial charge on any atom is 0.298 e. The van der Waals surface area contributed by atoms with Gasteiger partial charge in [-0.25, -0.2) is 0 Å². The van der Waals surface area contributed by atoms with Gasteiger partial charge in [-0.3, -0.25) is 0 Å². The second kappa shape index (κ2) is 3.65. The van der Waals surface area contributed by atoms with Crippen LogP contribution in [0.25, 0.3) is 11.1 Å². The van der Waals surface area contributed by atoms with Crippen LogP contribution in [0.15, 0.2) is 22.6 Å². The predicted molar refractivity (Wildman–Crippen MR) is 69.0 cm³/mol. The lowest BCUT2D eigenvalue weighted by Gasteiger charge is -2.22. The Labute approximate surface area is 100 Å². The number of nitrogen functional groups attached to an aromatic ring is 1. The molecule has 3 rings (SSSR count). The van der Waals surface area contributed by atoms with E-state index in [2.05, 4.69) is 16.8 Å². The number of rotatable bonds is 3. The fraction of sp³-hybridized carbons (Fsp3) is 0.462. The van der Waals surface area contributed by atoms with Crippen molar-refractivity contribution in [1.82, 2.24) is 4.98 Å². The molecule has 90 valence electrons. The van der Waals surface area contributed by atoms with Gasteiger partial charge in [-0.15, -0.1) is 0 Å². The molecule has 0 radical (unpaired) electrons. The Kier molecular flexibility index (Phi) is 2.24. The molecule has 4 heteroatoms. The number of hydrogen-bond acceptors (Lipinski definition) is 4. The van der Waals surface area contributed by atoms with E-state index in [0.29, 0.717) is 12.1 Å². The Hall–Kier alpha value is -1.71. The van der Waals surface area contributed by atoms with E-state index in [4.69, 9.17) is 10.2 Å². The quantitative estimate of drug-likeness (QED) is 0.825. The Morgan fingerprint density at radius 1 is 1.47 bits per heavy atom. The number of aromatic nitrogens is 1. The highest BCUT2D eigenvalue weighted by molar-refractivity contribution is 5.78. The maximum absolute atomic E-state index is 5.74. The van der Waals surface area contributed by atoms with E-state index in [9.17, 15) is 0 Å². The average Bonchev–Trinajstić information content (AvgIpc) is 3.07. The average molecular weight is 231 g/mol. The van der Waals surface area contributed by atoms with Gasteiger partial charge in [0.1, 0.15) is 5.52 Å². The zero-order chi connectivity index (χ0) is 12.0. The molecule has 1 aliphatic rings. The summed E-state index contributed by atoms with van der Waals surface area (Å²) in [7, 11) is 2.04. The fourth-order valence-electron chi connectivity index (χ4n) is 2.15. The van der Waals surface area contributed by atoms with Gasteiger partial charge in [0.15, 0.2) is 5.58 Å². The summed E-state index contributed by atoms with van der Waals surface area (Å²) in [6, 6.07) is 6.72. The lowest BCUT2D eigenvalue weighted by atomic mass is 10.2. The van der Waals surface area contributed by atoms with E-state index < -0.39 is 0 Å². The molecule has 0 aliphatic heterocycles. The minimum absolute atomic E-state index is 0.486. The van der Waals surface area contributed by atoms with Crippen molar-refractivity contribution in [3.8, 4) is 0 Å². The molecule has 1 atom stereocenters. The normalized spacial score (nSPS) is 17.3. The third-order valence-electron chi connectivity index (χ3n) is 3.62. The first kappa shape index (κ1) is 10.4. The van der Waals surface area contributed by atoms with Crippen molar-refractivity contribution in [2.45, 2.75) is 25.8 Å². The van der Waals surface area contributed by atoms with E-state index in [0.717, 1.165) is 22.7 Å². The van der Waals surface area contributed by atoms with Gasteiger partial charge in [0.25, 0.3) is 6.01 Å². The number of nitrogens with zero attached hydrogens (tertiary/aromatic N) is 2. The van der Waals surface area contributed by atoms with Gasteiger partial charge in [-0.2, -0.15) is 4.98 Å². The molecule has 1 saturated carbocycles. The molecule has 1 unspecified atom stereocenters. The summed E-state index contributed by atoms with van der Waals surface area (Å²) in [6.45, 7) is 2.22. The van der Waals surface area contributed by atoms with E-state index in [1.54, 1.807) is 0 Å². The number of fused-ring (bicyclic) bond motifs is 1. The zero-order valence-corrected chi connectivity index (χ0v) is 10.2. The van der Waals surface area contributed by atoms with Crippen molar-refractivity contribution in [3.63, 3.8) is 0 Å². The molecule has 0 spiro atoms. The largest absolute Gasteiger partial charge is 0.423 e. The Balaban J connectivity index is 1.94. The molecule has 1 aliphatic carbocycles. The lowest BCUT2D eigenvalue weighted by Crippen LogP contribution is -2.30. The van der Waals surface area contributed by atoms with E-state index in [1.807, 2.05) is 25.2 Å². The van der Waals surface area contributed by atoms with Crippen LogP contribution in [0.5, 0.6) is 0 Å². The molecule has 0 amide bonds. The van der Waals surface area contributed by atoms with Crippen LogP contribution in [0, 0.1) is 5.92 Å². The monoisotopic (exact) mass is 231 g/mol. The molecule has 4 nitrogen and oxygen atoms in total. The Morgan fingerprint density at radius 3 is 2.94 bits per heavy atom. The lowest BCUT2D eigenvalue weighted by molar-refractivity contribution is 0.522. The molecule has 1 aromatic carbocycles. The number of benzene rings is 1. The summed E-state index contributed by atoms with van der Waals surface area (Å²) < 4.78 is 5.74. The third-order valence-corrected chi connectivity index (χ3v) is 3.62. The maximum atomic E-state index is 5.74. The van der Waals surface area contributed by atoms with Gasteiger partial charge in [0.2, 0.25) is 0 Å². The van der Waals surface area contributed by atoms with Crippen molar-refractivity contribution < 1.29 is 4.42 Å². The van der Waals surface area contributed by atoms with Crippen LogP contribution < -0.4 is 10.6 Å². The minimum Gasteiger partial charge on any atom is -0.423 e. The van der Waals surface area contributed by atoms with Crippen LogP contribution in [0.3, 0.4) is 0 Å². The fourth-order valence-corrected chi connectivity index (χ4v) is 2.15. The number of hydrogen-bond donors (Lipinski definition) is 1. The van der Waals surface area contributed by atoms with Gasteiger partial charge in [0.05, 0.1) is 0 Å². The van der Waals surface area contributed by atoms with E-state index >= 15 is 0 Å². The first-order valence-corrected chi connectivity index (χ1v) is 6.04. The van der Waals surface area contributed by atoms with Crippen molar-refractivity contribution in [2.75, 3.05) is 17.7 Å². The van der Waals surface area contributed by atoms with Crippen LogP contribution in [-0.4, -0.2) is 18.1 Å². The topological polar surface area (TPSA) is 55.3 Å². The van der Waals surface area contributed by atoms with Gasteiger partial charge < -0.3 is 15.1 Å². The highest BCUT2D eigenvalue weighted by Gasteiger charge is 2.32. The summed E-state index contributed by atoms with van der Waals surface area (Å²) in [5, 5.41) is 0. The summed E-state index contributed by atoms with van der Waals surface area (Å²) in [6.07, 6.45) is 2.64. The van der Waals surface area contributed by atoms with Crippen LogP contribution in [0.2, 0.25) is 0 Å². The van der Waals surface area contributed by atoms with E-state index in [1.165, 1.54) is 12.8 Å². The van der Waals surface area contributed by atoms with Crippen LogP contribution in [0.1, 0.15) is 19.8 Å². The Bertz CT molecular complexity index is 545. The number of oxazole rings is 1. The highest BCUT2D eigenvalue weighted by Crippen LogP contribution is 2.36. The van der Waals surface area contributed by atoms with Gasteiger partial charge >= 0.3 is 0 Å². The molecule has 1 aromatic heterocycles. The molecule has 17 heavy (non-hydrogen) atoms. The molecular weight excluding hydrogens is 214 g/mol. The Morgan fingerprint density at radius 2 is 2.24 bits per heavy atom. The SMILES string of the molecule is CC(C1CC1)N(C)c1nc2cc(N)ccc2o1. The summed E-state index contributed by atoms with van der Waals surface area (Å²) in [5.41, 5.74) is 8.07. The summed E-state index contributed by atoms with van der Waals surface area (Å²) in [5.74, 6) is 0.792. The second-order valence-corrected chi connectivity index (χ2v) is 4.91. The molecule has 0 saturated heterocycles. The molecule has 1 heterocycles. The molecule has 2 N–H and O–H groups in total. The van der Waals surface area contributed by atoms with Gasteiger partial charge in [-0.05, 0) is 43.9 Å². The smallest absolute Gasteiger partial charge is 0.298 e. The molecular formula is C13H17N3O. The number of anilines is 2. The third kappa shape index (κ3) is 1.84. The van der Waals surface area contributed by atoms with Crippen LogP contribution >= 0.6 is 0 Å². The zero-order valence-electron chi connectivity index (χ0n) is 10.2. The van der Waals surface area contributed by atoms with Crippen molar-refractivity contribution in [2.24, 2.45) is 5.92 Å². The summed E-state index contributed by atoms with van der Waals surface area (Å²) in [4.78, 5) is 6.60.